The molecular formula is C14H12F2IN3O3. The molecule has 0 atom stereocenters. The van der Waals surface area contributed by atoms with Crippen molar-refractivity contribution in [2.45, 2.75) is 6.54 Å². The van der Waals surface area contributed by atoms with Gasteiger partial charge in [-0.3, -0.25) is 14.4 Å². The largest absolute Gasteiger partial charge is 0.378 e. The van der Waals surface area contributed by atoms with Gasteiger partial charge in [-0.05, 0) is 40.8 Å². The van der Waals surface area contributed by atoms with Gasteiger partial charge in [0, 0.05) is 21.9 Å². The molecule has 0 saturated heterocycles. The van der Waals surface area contributed by atoms with Crippen LogP contribution in [0.2, 0.25) is 0 Å². The van der Waals surface area contributed by atoms with Crippen molar-refractivity contribution in [3.63, 3.8) is 0 Å². The highest BCUT2D eigenvalue weighted by molar-refractivity contribution is 14.1. The smallest absolute Gasteiger partial charge is 0.284 e. The van der Waals surface area contributed by atoms with Gasteiger partial charge in [0.25, 0.3) is 11.5 Å². The first-order valence-corrected chi connectivity index (χ1v) is 7.44. The number of aromatic nitrogens is 1. The number of carbonyl (C=O) groups is 1. The Morgan fingerprint density at radius 2 is 2.13 bits per heavy atom. The topological polar surface area (TPSA) is 83.2 Å². The van der Waals surface area contributed by atoms with Crippen molar-refractivity contribution < 1.29 is 18.4 Å². The van der Waals surface area contributed by atoms with Crippen molar-refractivity contribution in [1.82, 2.24) is 10.5 Å². The lowest BCUT2D eigenvalue weighted by molar-refractivity contribution is 0.0535. The maximum atomic E-state index is 14.0. The molecule has 1 amide bonds. The van der Waals surface area contributed by atoms with Crippen LogP contribution in [-0.4, -0.2) is 18.0 Å². The fourth-order valence-corrected chi connectivity index (χ4v) is 2.34. The molecule has 0 fully saturated rings. The second-order valence-electron chi connectivity index (χ2n) is 4.44. The van der Waals surface area contributed by atoms with Gasteiger partial charge in [0.15, 0.2) is 5.82 Å². The summed E-state index contributed by atoms with van der Waals surface area (Å²) in [6, 6.07) is 4.45. The van der Waals surface area contributed by atoms with E-state index in [0.29, 0.717) is 3.57 Å². The van der Waals surface area contributed by atoms with Gasteiger partial charge in [-0.1, -0.05) is 0 Å². The Kier molecular flexibility index (Phi) is 5.66. The van der Waals surface area contributed by atoms with Crippen molar-refractivity contribution in [3.05, 3.63) is 61.1 Å². The molecule has 0 bridgehead atoms. The number of pyridine rings is 1. The van der Waals surface area contributed by atoms with E-state index in [0.717, 1.165) is 6.20 Å². The Hall–Kier alpha value is -2.01. The number of hydrogen-bond donors (Lipinski definition) is 3. The third kappa shape index (κ3) is 4.05. The molecule has 23 heavy (non-hydrogen) atoms. The predicted octanol–water partition coefficient (Wildman–Crippen LogP) is 2.16. The molecule has 0 aliphatic heterocycles. The Bertz CT molecular complexity index is 795. The predicted molar refractivity (Wildman–Crippen MR) is 87.9 cm³/mol. The fourth-order valence-electron chi connectivity index (χ4n) is 1.88. The van der Waals surface area contributed by atoms with Crippen LogP contribution in [0.4, 0.5) is 14.5 Å². The van der Waals surface area contributed by atoms with E-state index in [2.05, 4.69) is 15.1 Å². The van der Waals surface area contributed by atoms with Crippen LogP contribution < -0.4 is 16.4 Å². The molecule has 6 nitrogen and oxygen atoms in total. The van der Waals surface area contributed by atoms with Crippen LogP contribution in [-0.2, 0) is 11.4 Å². The van der Waals surface area contributed by atoms with E-state index in [4.69, 9.17) is 0 Å². The molecule has 0 aliphatic rings. The van der Waals surface area contributed by atoms with Crippen LogP contribution in [0.3, 0.4) is 0 Å². The molecule has 2 aromatic rings. The van der Waals surface area contributed by atoms with Crippen molar-refractivity contribution in [2.75, 3.05) is 12.4 Å². The first-order valence-electron chi connectivity index (χ1n) is 6.36. The van der Waals surface area contributed by atoms with Crippen molar-refractivity contribution in [3.8, 4) is 0 Å². The highest BCUT2D eigenvalue weighted by Gasteiger charge is 2.18. The number of hydroxylamine groups is 1. The Balaban J connectivity index is 2.32. The number of carbonyl (C=O) groups excluding carboxylic acids is 1. The van der Waals surface area contributed by atoms with Crippen molar-refractivity contribution in [1.29, 1.82) is 0 Å². The average molecular weight is 435 g/mol. The first kappa shape index (κ1) is 17.3. The quantitative estimate of drug-likeness (QED) is 0.497. The van der Waals surface area contributed by atoms with E-state index in [1.165, 1.54) is 19.2 Å². The maximum absolute atomic E-state index is 14.0. The van der Waals surface area contributed by atoms with Crippen LogP contribution in [0.1, 0.15) is 15.9 Å². The summed E-state index contributed by atoms with van der Waals surface area (Å²) in [5.74, 6) is -2.38. The summed E-state index contributed by atoms with van der Waals surface area (Å²) in [7, 11) is 1.22. The number of amides is 1. The van der Waals surface area contributed by atoms with Crippen LogP contribution in [0.25, 0.3) is 0 Å². The second-order valence-corrected chi connectivity index (χ2v) is 5.68. The molecule has 122 valence electrons. The van der Waals surface area contributed by atoms with Gasteiger partial charge in [0.05, 0.1) is 18.4 Å². The lowest BCUT2D eigenvalue weighted by atomic mass is 10.1. The van der Waals surface area contributed by atoms with Crippen LogP contribution >= 0.6 is 22.6 Å². The summed E-state index contributed by atoms with van der Waals surface area (Å²) in [5, 5.41) is 2.67. The Morgan fingerprint density at radius 1 is 1.39 bits per heavy atom. The third-order valence-corrected chi connectivity index (χ3v) is 3.63. The van der Waals surface area contributed by atoms with Crippen LogP contribution in [0.5, 0.6) is 0 Å². The number of rotatable bonds is 5. The number of nitrogens with one attached hydrogen (secondary N) is 3. The van der Waals surface area contributed by atoms with Gasteiger partial charge in [-0.15, -0.1) is 0 Å². The summed E-state index contributed by atoms with van der Waals surface area (Å²) >= 11 is 1.95. The number of hydrogen-bond acceptors (Lipinski definition) is 4. The SMILES string of the molecule is CONC(=O)c1c[nH]c(=O)c(F)c1CNc1ccc(I)cc1F. The molecule has 2 rings (SSSR count). The normalized spacial score (nSPS) is 10.4. The highest BCUT2D eigenvalue weighted by atomic mass is 127. The van der Waals surface area contributed by atoms with Gasteiger partial charge in [-0.25, -0.2) is 14.3 Å². The van der Waals surface area contributed by atoms with Crippen molar-refractivity contribution >= 4 is 34.2 Å². The van der Waals surface area contributed by atoms with E-state index in [1.807, 2.05) is 28.1 Å². The van der Waals surface area contributed by atoms with Crippen LogP contribution in [0.15, 0.2) is 29.2 Å². The first-order chi connectivity index (χ1) is 10.9. The number of H-pyrrole nitrogens is 1. The molecule has 0 radical (unpaired) electrons. The fraction of sp³-hybridized carbons (Fsp3) is 0.143. The zero-order chi connectivity index (χ0) is 17.0. The van der Waals surface area contributed by atoms with E-state index in [-0.39, 0.29) is 23.4 Å². The number of aromatic amines is 1. The number of anilines is 1. The minimum atomic E-state index is -1.12. The van der Waals surface area contributed by atoms with E-state index in [9.17, 15) is 18.4 Å². The summed E-state index contributed by atoms with van der Waals surface area (Å²) < 4.78 is 28.5. The zero-order valence-electron chi connectivity index (χ0n) is 11.9. The Morgan fingerprint density at radius 3 is 2.78 bits per heavy atom. The zero-order valence-corrected chi connectivity index (χ0v) is 14.0. The maximum Gasteiger partial charge on any atom is 0.284 e. The molecule has 1 heterocycles. The molecule has 0 unspecified atom stereocenters. The average Bonchev–Trinajstić information content (AvgIpc) is 2.50. The van der Waals surface area contributed by atoms with Gasteiger partial charge < -0.3 is 10.3 Å². The second kappa shape index (κ2) is 7.51. The summed E-state index contributed by atoms with van der Waals surface area (Å²) in [6.07, 6.45) is 1.07. The Labute approximate surface area is 143 Å². The van der Waals surface area contributed by atoms with Gasteiger partial charge in [0.2, 0.25) is 0 Å². The van der Waals surface area contributed by atoms with E-state index < -0.39 is 23.1 Å². The van der Waals surface area contributed by atoms with Gasteiger partial charge in [-0.2, -0.15) is 0 Å². The molecular weight excluding hydrogens is 423 g/mol. The lowest BCUT2D eigenvalue weighted by Crippen LogP contribution is -2.27. The summed E-state index contributed by atoms with van der Waals surface area (Å²) in [5.41, 5.74) is 0.874. The minimum Gasteiger partial charge on any atom is -0.378 e. The van der Waals surface area contributed by atoms with E-state index >= 15 is 0 Å². The van der Waals surface area contributed by atoms with E-state index in [1.54, 1.807) is 6.07 Å². The van der Waals surface area contributed by atoms with Crippen molar-refractivity contribution in [2.24, 2.45) is 0 Å². The standard InChI is InChI=1S/C14H12F2IN3O3/c1-23-20-13(21)9-6-19-14(22)12(16)8(9)5-18-11-3-2-7(17)4-10(11)15/h2-4,6,18H,5H2,1H3,(H,19,22)(H,20,21). The van der Waals surface area contributed by atoms with Gasteiger partial charge >= 0.3 is 0 Å². The summed E-state index contributed by atoms with van der Waals surface area (Å²) in [6.45, 7) is -0.250. The number of benzene rings is 1. The third-order valence-electron chi connectivity index (χ3n) is 2.96. The summed E-state index contributed by atoms with van der Waals surface area (Å²) in [4.78, 5) is 29.8. The minimum absolute atomic E-state index is 0.123. The molecule has 0 aliphatic carbocycles. The molecule has 1 aromatic carbocycles. The monoisotopic (exact) mass is 435 g/mol. The highest BCUT2D eigenvalue weighted by Crippen LogP contribution is 2.19. The molecule has 0 spiro atoms. The number of halogens is 3. The lowest BCUT2D eigenvalue weighted by Gasteiger charge is -2.12. The molecule has 1 aromatic heterocycles. The van der Waals surface area contributed by atoms with Gasteiger partial charge in [0.1, 0.15) is 5.82 Å². The molecule has 0 saturated carbocycles. The molecule has 3 N–H and O–H groups in total. The molecule has 9 heteroatoms. The van der Waals surface area contributed by atoms with Crippen LogP contribution in [0, 0.1) is 15.2 Å².